The zero-order valence-corrected chi connectivity index (χ0v) is 14.3. The van der Waals surface area contributed by atoms with Crippen LogP contribution in [-0.4, -0.2) is 27.3 Å². The topological polar surface area (TPSA) is 71.8 Å². The first kappa shape index (κ1) is 16.5. The van der Waals surface area contributed by atoms with Gasteiger partial charge in [0.15, 0.2) is 0 Å². The summed E-state index contributed by atoms with van der Waals surface area (Å²) in [5, 5.41) is 13.0. The molecule has 2 heterocycles. The first-order chi connectivity index (χ1) is 10.4. The second-order valence-electron chi connectivity index (χ2n) is 5.66. The summed E-state index contributed by atoms with van der Waals surface area (Å²) in [5.74, 6) is 0.311. The number of thiazole rings is 1. The molecule has 0 aromatic carbocycles. The van der Waals surface area contributed by atoms with Crippen LogP contribution >= 0.6 is 11.3 Å². The van der Waals surface area contributed by atoms with Crippen LogP contribution in [0.25, 0.3) is 0 Å². The Bertz CT molecular complexity index is 634. The molecule has 2 amide bonds. The van der Waals surface area contributed by atoms with Crippen LogP contribution in [0.4, 0.5) is 4.79 Å². The van der Waals surface area contributed by atoms with E-state index in [0.29, 0.717) is 19.0 Å². The van der Waals surface area contributed by atoms with Crippen LogP contribution in [0.1, 0.15) is 29.0 Å². The van der Waals surface area contributed by atoms with Gasteiger partial charge in [0.05, 0.1) is 12.2 Å². The van der Waals surface area contributed by atoms with Crippen LogP contribution in [0.2, 0.25) is 0 Å². The van der Waals surface area contributed by atoms with Gasteiger partial charge in [-0.1, -0.05) is 6.92 Å². The third-order valence-electron chi connectivity index (χ3n) is 3.27. The van der Waals surface area contributed by atoms with Gasteiger partial charge >= 0.3 is 6.03 Å². The number of carbonyl (C=O) groups excluding carboxylic acids is 1. The Labute approximate surface area is 135 Å². The molecule has 2 rings (SSSR count). The highest BCUT2D eigenvalue weighted by atomic mass is 32.1. The number of rotatable bonds is 6. The van der Waals surface area contributed by atoms with Crippen molar-refractivity contribution >= 4 is 17.4 Å². The van der Waals surface area contributed by atoms with Crippen molar-refractivity contribution in [2.24, 2.45) is 5.92 Å². The van der Waals surface area contributed by atoms with E-state index in [1.54, 1.807) is 11.3 Å². The van der Waals surface area contributed by atoms with E-state index < -0.39 is 0 Å². The summed E-state index contributed by atoms with van der Waals surface area (Å²) in [5.41, 5.74) is 3.16. The molecule has 6 nitrogen and oxygen atoms in total. The average molecular weight is 321 g/mol. The van der Waals surface area contributed by atoms with Crippen molar-refractivity contribution in [3.8, 4) is 0 Å². The van der Waals surface area contributed by atoms with E-state index >= 15 is 0 Å². The summed E-state index contributed by atoms with van der Waals surface area (Å²) >= 11 is 1.56. The monoisotopic (exact) mass is 321 g/mol. The number of aryl methyl sites for hydroxylation is 3. The molecule has 0 saturated heterocycles. The Morgan fingerprint density at radius 3 is 2.68 bits per heavy atom. The van der Waals surface area contributed by atoms with Crippen LogP contribution in [0.15, 0.2) is 11.4 Å². The van der Waals surface area contributed by atoms with Crippen molar-refractivity contribution in [2.75, 3.05) is 6.54 Å². The molecule has 2 N–H and O–H groups in total. The van der Waals surface area contributed by atoms with Crippen molar-refractivity contribution in [1.29, 1.82) is 0 Å². The number of amides is 2. The quantitative estimate of drug-likeness (QED) is 0.858. The van der Waals surface area contributed by atoms with E-state index in [1.807, 2.05) is 30.8 Å². The molecule has 0 fully saturated rings. The number of nitrogens with zero attached hydrogens (tertiary/aromatic N) is 3. The smallest absolute Gasteiger partial charge is 0.315 e. The van der Waals surface area contributed by atoms with E-state index in [4.69, 9.17) is 0 Å². The summed E-state index contributed by atoms with van der Waals surface area (Å²) in [7, 11) is 0. The summed E-state index contributed by atoms with van der Waals surface area (Å²) in [6.07, 6.45) is 0. The fourth-order valence-corrected chi connectivity index (χ4v) is 2.90. The summed E-state index contributed by atoms with van der Waals surface area (Å²) in [6, 6.07) is 1.90. The molecule has 0 radical (unpaired) electrons. The molecule has 0 bridgehead atoms. The maximum atomic E-state index is 11.8. The highest BCUT2D eigenvalue weighted by Gasteiger charge is 2.09. The standard InChI is InChI=1S/C15H23N5OS/c1-10(8-20-13(4)5-11(2)19-20)6-16-15(21)17-7-14-18-12(3)9-22-14/h5,9-10H,6-8H2,1-4H3,(H2,16,17,21)/t10-/m1/s1. The minimum atomic E-state index is -0.159. The number of hydrogen-bond acceptors (Lipinski definition) is 4. The molecular weight excluding hydrogens is 298 g/mol. The number of carbonyl (C=O) groups is 1. The Kier molecular flexibility index (Phi) is 5.54. The second-order valence-corrected chi connectivity index (χ2v) is 6.60. The van der Waals surface area contributed by atoms with Gasteiger partial charge in [0.1, 0.15) is 5.01 Å². The molecule has 0 saturated carbocycles. The zero-order chi connectivity index (χ0) is 16.1. The molecule has 22 heavy (non-hydrogen) atoms. The molecule has 120 valence electrons. The Balaban J connectivity index is 1.70. The highest BCUT2D eigenvalue weighted by Crippen LogP contribution is 2.08. The lowest BCUT2D eigenvalue weighted by Gasteiger charge is -2.14. The lowest BCUT2D eigenvalue weighted by atomic mass is 10.2. The maximum Gasteiger partial charge on any atom is 0.315 e. The molecular formula is C15H23N5OS. The fraction of sp³-hybridized carbons (Fsp3) is 0.533. The van der Waals surface area contributed by atoms with Gasteiger partial charge in [-0.2, -0.15) is 5.10 Å². The van der Waals surface area contributed by atoms with Crippen LogP contribution in [-0.2, 0) is 13.1 Å². The minimum Gasteiger partial charge on any atom is -0.338 e. The molecule has 0 aliphatic heterocycles. The van der Waals surface area contributed by atoms with Gasteiger partial charge in [0.25, 0.3) is 0 Å². The van der Waals surface area contributed by atoms with Crippen molar-refractivity contribution in [3.63, 3.8) is 0 Å². The number of hydrogen-bond donors (Lipinski definition) is 2. The van der Waals surface area contributed by atoms with Crippen molar-refractivity contribution in [2.45, 2.75) is 40.8 Å². The van der Waals surface area contributed by atoms with Gasteiger partial charge in [0, 0.05) is 29.9 Å². The van der Waals surface area contributed by atoms with Gasteiger partial charge in [-0.3, -0.25) is 4.68 Å². The van der Waals surface area contributed by atoms with Gasteiger partial charge in [-0.15, -0.1) is 11.3 Å². The number of urea groups is 1. The number of aromatic nitrogens is 3. The highest BCUT2D eigenvalue weighted by molar-refractivity contribution is 7.09. The van der Waals surface area contributed by atoms with Crippen molar-refractivity contribution < 1.29 is 4.79 Å². The number of nitrogens with one attached hydrogen (secondary N) is 2. The lowest BCUT2D eigenvalue weighted by molar-refractivity contribution is 0.238. The van der Waals surface area contributed by atoms with E-state index in [0.717, 1.165) is 28.6 Å². The summed E-state index contributed by atoms with van der Waals surface area (Å²) in [4.78, 5) is 16.1. The third-order valence-corrected chi connectivity index (χ3v) is 4.23. The molecule has 1 atom stereocenters. The summed E-state index contributed by atoms with van der Waals surface area (Å²) in [6.45, 7) is 9.95. The first-order valence-corrected chi connectivity index (χ1v) is 8.25. The van der Waals surface area contributed by atoms with Gasteiger partial charge in [-0.05, 0) is 32.8 Å². The normalized spacial score (nSPS) is 12.2. The SMILES string of the molecule is Cc1csc(CNC(=O)NC[C@@H](C)Cn2nc(C)cc2C)n1. The first-order valence-electron chi connectivity index (χ1n) is 7.38. The molecule has 0 unspecified atom stereocenters. The molecule has 2 aromatic rings. The van der Waals surface area contributed by atoms with Crippen LogP contribution < -0.4 is 10.6 Å². The Morgan fingerprint density at radius 2 is 2.09 bits per heavy atom. The predicted molar refractivity (Wildman–Crippen MR) is 88.0 cm³/mol. The lowest BCUT2D eigenvalue weighted by Crippen LogP contribution is -2.38. The van der Waals surface area contributed by atoms with Gasteiger partial charge in [0.2, 0.25) is 0 Å². The maximum absolute atomic E-state index is 11.8. The van der Waals surface area contributed by atoms with Crippen molar-refractivity contribution in [3.05, 3.63) is 33.5 Å². The molecule has 7 heteroatoms. The van der Waals surface area contributed by atoms with Gasteiger partial charge in [-0.25, -0.2) is 9.78 Å². The Hall–Kier alpha value is -1.89. The average Bonchev–Trinajstić information content (AvgIpc) is 3.00. The zero-order valence-electron chi connectivity index (χ0n) is 13.5. The van der Waals surface area contributed by atoms with Crippen LogP contribution in [0.5, 0.6) is 0 Å². The third kappa shape index (κ3) is 4.84. The molecule has 0 spiro atoms. The Morgan fingerprint density at radius 1 is 1.32 bits per heavy atom. The second kappa shape index (κ2) is 7.40. The fourth-order valence-electron chi connectivity index (χ4n) is 2.19. The predicted octanol–water partition coefficient (Wildman–Crippen LogP) is 2.40. The summed E-state index contributed by atoms with van der Waals surface area (Å²) < 4.78 is 1.98. The molecule has 0 aliphatic carbocycles. The van der Waals surface area contributed by atoms with E-state index in [1.165, 1.54) is 0 Å². The van der Waals surface area contributed by atoms with Crippen molar-refractivity contribution in [1.82, 2.24) is 25.4 Å². The molecule has 2 aromatic heterocycles. The van der Waals surface area contributed by atoms with E-state index in [2.05, 4.69) is 33.7 Å². The van der Waals surface area contributed by atoms with Crippen LogP contribution in [0, 0.1) is 26.7 Å². The van der Waals surface area contributed by atoms with E-state index in [9.17, 15) is 4.79 Å². The van der Waals surface area contributed by atoms with E-state index in [-0.39, 0.29) is 6.03 Å². The van der Waals surface area contributed by atoms with Gasteiger partial charge < -0.3 is 10.6 Å². The minimum absolute atomic E-state index is 0.159. The largest absolute Gasteiger partial charge is 0.338 e. The van der Waals surface area contributed by atoms with Crippen LogP contribution in [0.3, 0.4) is 0 Å². The molecule has 0 aliphatic rings.